The summed E-state index contributed by atoms with van der Waals surface area (Å²) in [5, 5.41) is 3.43. The van der Waals surface area contributed by atoms with Gasteiger partial charge in [-0.2, -0.15) is 0 Å². The lowest BCUT2D eigenvalue weighted by Crippen LogP contribution is -2.26. The summed E-state index contributed by atoms with van der Waals surface area (Å²) in [5.41, 5.74) is 1.14. The molecule has 0 aromatic heterocycles. The van der Waals surface area contributed by atoms with E-state index in [0.29, 0.717) is 0 Å². The van der Waals surface area contributed by atoms with Crippen molar-refractivity contribution < 1.29 is 9.47 Å². The van der Waals surface area contributed by atoms with Crippen molar-refractivity contribution in [2.24, 2.45) is 5.92 Å². The minimum atomic E-state index is 0.718. The van der Waals surface area contributed by atoms with E-state index in [4.69, 9.17) is 9.47 Å². The zero-order chi connectivity index (χ0) is 13.7. The Bertz CT molecular complexity index is 409. The monoisotopic (exact) mass is 264 g/mol. The first-order valence-corrected chi connectivity index (χ1v) is 6.96. The van der Waals surface area contributed by atoms with E-state index in [0.717, 1.165) is 49.3 Å². The topological polar surface area (TPSA) is 33.7 Å². The Morgan fingerprint density at radius 1 is 1.32 bits per heavy atom. The molecule has 0 bridgehead atoms. The van der Waals surface area contributed by atoms with Crippen LogP contribution in [0.1, 0.15) is 13.3 Å². The first-order chi connectivity index (χ1) is 9.28. The highest BCUT2D eigenvalue weighted by Gasteiger charge is 2.24. The molecule has 0 radical (unpaired) electrons. The maximum absolute atomic E-state index is 5.46. The highest BCUT2D eigenvalue weighted by Crippen LogP contribution is 2.35. The number of rotatable bonds is 6. The van der Waals surface area contributed by atoms with Gasteiger partial charge in [0, 0.05) is 19.2 Å². The molecule has 0 amide bonds. The molecule has 1 atom stereocenters. The standard InChI is InChI=1S/C15H24N2O2/c1-4-16-10-12-7-8-17(11-12)14-9-13(18-2)5-6-15(14)19-3/h5-6,9,12,16H,4,7-8,10-11H2,1-3H3. The second-order valence-electron chi connectivity index (χ2n) is 4.95. The molecule has 1 aromatic carbocycles. The molecular weight excluding hydrogens is 240 g/mol. The molecular formula is C15H24N2O2. The van der Waals surface area contributed by atoms with Gasteiger partial charge in [-0.15, -0.1) is 0 Å². The molecule has 4 heteroatoms. The minimum Gasteiger partial charge on any atom is -0.497 e. The fourth-order valence-electron chi connectivity index (χ4n) is 2.61. The third kappa shape index (κ3) is 3.32. The van der Waals surface area contributed by atoms with Crippen LogP contribution in [0.4, 0.5) is 5.69 Å². The summed E-state index contributed by atoms with van der Waals surface area (Å²) in [5.74, 6) is 2.52. The van der Waals surface area contributed by atoms with Crippen LogP contribution >= 0.6 is 0 Å². The van der Waals surface area contributed by atoms with Gasteiger partial charge in [0.25, 0.3) is 0 Å². The van der Waals surface area contributed by atoms with E-state index < -0.39 is 0 Å². The van der Waals surface area contributed by atoms with Crippen molar-refractivity contribution in [1.82, 2.24) is 5.32 Å². The lowest BCUT2D eigenvalue weighted by Gasteiger charge is -2.22. The zero-order valence-electron chi connectivity index (χ0n) is 12.1. The predicted octanol–water partition coefficient (Wildman–Crippen LogP) is 2.14. The maximum Gasteiger partial charge on any atom is 0.142 e. The van der Waals surface area contributed by atoms with Gasteiger partial charge in [-0.05, 0) is 37.6 Å². The molecule has 19 heavy (non-hydrogen) atoms. The van der Waals surface area contributed by atoms with Crippen molar-refractivity contribution in [3.63, 3.8) is 0 Å². The first-order valence-electron chi connectivity index (χ1n) is 6.96. The van der Waals surface area contributed by atoms with Gasteiger partial charge in [-0.25, -0.2) is 0 Å². The highest BCUT2D eigenvalue weighted by molar-refractivity contribution is 5.62. The van der Waals surface area contributed by atoms with E-state index in [9.17, 15) is 0 Å². The summed E-state index contributed by atoms with van der Waals surface area (Å²) in [4.78, 5) is 2.39. The molecule has 0 spiro atoms. The average molecular weight is 264 g/mol. The van der Waals surface area contributed by atoms with Gasteiger partial charge >= 0.3 is 0 Å². The smallest absolute Gasteiger partial charge is 0.142 e. The second-order valence-corrected chi connectivity index (χ2v) is 4.95. The van der Waals surface area contributed by atoms with Crippen molar-refractivity contribution in [3.05, 3.63) is 18.2 Å². The number of hydrogen-bond donors (Lipinski definition) is 1. The van der Waals surface area contributed by atoms with Crippen molar-refractivity contribution in [1.29, 1.82) is 0 Å². The summed E-state index contributed by atoms with van der Waals surface area (Å²) in [6.07, 6.45) is 1.23. The van der Waals surface area contributed by atoms with Crippen LogP contribution in [-0.2, 0) is 0 Å². The Balaban J connectivity index is 2.09. The van der Waals surface area contributed by atoms with E-state index in [-0.39, 0.29) is 0 Å². The van der Waals surface area contributed by atoms with Crippen LogP contribution in [-0.4, -0.2) is 40.4 Å². The molecule has 1 fully saturated rings. The fourth-order valence-corrected chi connectivity index (χ4v) is 2.61. The molecule has 1 aliphatic rings. The lowest BCUT2D eigenvalue weighted by molar-refractivity contribution is 0.403. The Labute approximate surface area is 115 Å². The van der Waals surface area contributed by atoms with Gasteiger partial charge in [0.05, 0.1) is 19.9 Å². The van der Waals surface area contributed by atoms with Crippen LogP contribution in [0.25, 0.3) is 0 Å². The minimum absolute atomic E-state index is 0.718. The molecule has 1 unspecified atom stereocenters. The number of anilines is 1. The van der Waals surface area contributed by atoms with Crippen LogP contribution in [0.5, 0.6) is 11.5 Å². The molecule has 2 rings (SSSR count). The van der Waals surface area contributed by atoms with Crippen molar-refractivity contribution >= 4 is 5.69 Å². The molecule has 106 valence electrons. The van der Waals surface area contributed by atoms with Crippen LogP contribution in [0, 0.1) is 5.92 Å². The Morgan fingerprint density at radius 2 is 2.16 bits per heavy atom. The molecule has 1 N–H and O–H groups in total. The van der Waals surface area contributed by atoms with Crippen LogP contribution < -0.4 is 19.7 Å². The van der Waals surface area contributed by atoms with Gasteiger partial charge in [0.2, 0.25) is 0 Å². The summed E-state index contributed by atoms with van der Waals surface area (Å²) in [6.45, 7) is 6.45. The summed E-state index contributed by atoms with van der Waals surface area (Å²) >= 11 is 0. The van der Waals surface area contributed by atoms with E-state index in [1.165, 1.54) is 6.42 Å². The quantitative estimate of drug-likeness (QED) is 0.853. The molecule has 0 saturated carbocycles. The highest BCUT2D eigenvalue weighted by atomic mass is 16.5. The van der Waals surface area contributed by atoms with Crippen LogP contribution in [0.3, 0.4) is 0 Å². The van der Waals surface area contributed by atoms with Gasteiger partial charge in [-0.3, -0.25) is 0 Å². The number of nitrogens with zero attached hydrogens (tertiary/aromatic N) is 1. The van der Waals surface area contributed by atoms with Gasteiger partial charge < -0.3 is 19.7 Å². The number of methoxy groups -OCH3 is 2. The third-order valence-electron chi connectivity index (χ3n) is 3.70. The SMILES string of the molecule is CCNCC1CCN(c2cc(OC)ccc2OC)C1. The van der Waals surface area contributed by atoms with E-state index in [1.807, 2.05) is 12.1 Å². The van der Waals surface area contributed by atoms with Gasteiger partial charge in [-0.1, -0.05) is 6.92 Å². The van der Waals surface area contributed by atoms with Crippen molar-refractivity contribution in [2.75, 3.05) is 45.3 Å². The normalized spacial score (nSPS) is 18.7. The number of ether oxygens (including phenoxy) is 2. The molecule has 1 aliphatic heterocycles. The maximum atomic E-state index is 5.46. The Hall–Kier alpha value is -1.42. The summed E-state index contributed by atoms with van der Waals surface area (Å²) in [6, 6.07) is 5.98. The van der Waals surface area contributed by atoms with Crippen LogP contribution in [0.2, 0.25) is 0 Å². The van der Waals surface area contributed by atoms with Gasteiger partial charge in [0.15, 0.2) is 0 Å². The van der Waals surface area contributed by atoms with E-state index >= 15 is 0 Å². The molecule has 0 aliphatic carbocycles. The third-order valence-corrected chi connectivity index (χ3v) is 3.70. The molecule has 1 saturated heterocycles. The lowest BCUT2D eigenvalue weighted by atomic mass is 10.1. The summed E-state index contributed by atoms with van der Waals surface area (Å²) < 4.78 is 10.8. The Morgan fingerprint density at radius 3 is 2.84 bits per heavy atom. The number of benzene rings is 1. The predicted molar refractivity (Wildman–Crippen MR) is 78.4 cm³/mol. The molecule has 1 heterocycles. The van der Waals surface area contributed by atoms with Gasteiger partial charge in [0.1, 0.15) is 11.5 Å². The first kappa shape index (κ1) is 14.0. The van der Waals surface area contributed by atoms with E-state index in [2.05, 4.69) is 23.2 Å². The molecule has 4 nitrogen and oxygen atoms in total. The van der Waals surface area contributed by atoms with E-state index in [1.54, 1.807) is 14.2 Å². The number of hydrogen-bond acceptors (Lipinski definition) is 4. The number of nitrogens with one attached hydrogen (secondary N) is 1. The van der Waals surface area contributed by atoms with Crippen molar-refractivity contribution in [2.45, 2.75) is 13.3 Å². The largest absolute Gasteiger partial charge is 0.497 e. The van der Waals surface area contributed by atoms with Crippen molar-refractivity contribution in [3.8, 4) is 11.5 Å². The summed E-state index contributed by atoms with van der Waals surface area (Å²) in [7, 11) is 3.42. The average Bonchev–Trinajstić information content (AvgIpc) is 2.93. The Kier molecular flexibility index (Phi) is 4.91. The fraction of sp³-hybridized carbons (Fsp3) is 0.600. The van der Waals surface area contributed by atoms with Crippen LogP contribution in [0.15, 0.2) is 18.2 Å². The molecule has 1 aromatic rings. The zero-order valence-corrected chi connectivity index (χ0v) is 12.1. The second kappa shape index (κ2) is 6.66.